The van der Waals surface area contributed by atoms with E-state index in [1.165, 1.54) is 30.1 Å². The summed E-state index contributed by atoms with van der Waals surface area (Å²) < 4.78 is 11.1. The highest BCUT2D eigenvalue weighted by Gasteiger charge is 2.30. The van der Waals surface area contributed by atoms with Crippen LogP contribution in [0.3, 0.4) is 0 Å². The molecule has 0 aliphatic heterocycles. The van der Waals surface area contributed by atoms with Crippen molar-refractivity contribution in [1.82, 2.24) is 14.8 Å². The van der Waals surface area contributed by atoms with Crippen LogP contribution >= 0.6 is 23.1 Å². The van der Waals surface area contributed by atoms with Gasteiger partial charge in [-0.15, -0.1) is 21.5 Å². The van der Waals surface area contributed by atoms with E-state index in [0.717, 1.165) is 47.9 Å². The van der Waals surface area contributed by atoms with E-state index < -0.39 is 18.0 Å². The summed E-state index contributed by atoms with van der Waals surface area (Å²) in [5.74, 6) is -1.16. The summed E-state index contributed by atoms with van der Waals surface area (Å²) in [5.41, 5.74) is 7.37. The number of carbonyl (C=O) groups is 3. The smallest absolute Gasteiger partial charge is 0.341 e. The molecule has 1 atom stereocenters. The van der Waals surface area contributed by atoms with Gasteiger partial charge in [0.05, 0.1) is 25.5 Å². The summed E-state index contributed by atoms with van der Waals surface area (Å²) in [7, 11) is 2.63. The Hall–Kier alpha value is -2.60. The fraction of sp³-hybridized carbons (Fsp3) is 0.526. The molecule has 3 N–H and O–H groups in total. The van der Waals surface area contributed by atoms with Crippen LogP contribution in [0.25, 0.3) is 0 Å². The number of nitrogens with two attached hydrogens (primary N) is 1. The third-order valence-corrected chi connectivity index (χ3v) is 7.16. The number of amides is 1. The first-order valence-electron chi connectivity index (χ1n) is 9.84. The number of rotatable bonds is 8. The lowest BCUT2D eigenvalue weighted by atomic mass is 9.95. The van der Waals surface area contributed by atoms with E-state index in [4.69, 9.17) is 10.5 Å². The third kappa shape index (κ3) is 4.85. The number of esters is 2. The van der Waals surface area contributed by atoms with Crippen LogP contribution in [-0.4, -0.2) is 52.6 Å². The molecule has 3 rings (SSSR count). The number of carbonyl (C=O) groups excluding carboxylic acids is 3. The zero-order valence-electron chi connectivity index (χ0n) is 17.6. The third-order valence-electron chi connectivity index (χ3n) is 5.04. The maximum atomic E-state index is 13.2. The number of ether oxygens (including phenoxy) is 2. The lowest BCUT2D eigenvalue weighted by Gasteiger charge is -2.19. The first-order valence-corrected chi connectivity index (χ1v) is 11.6. The number of thioether (sulfide) groups is 1. The molecule has 12 heteroatoms. The standard InChI is InChI=1S/C19H25N5O5S2/c1-4-11(24-18(20)22-23-19(24)30-9-13(25)28-2)15(26)21-16-14(17(27)29-3)10-7-5-6-8-12(10)31-16/h11H,4-9H2,1-3H3,(H2,20,22)(H,21,26). The van der Waals surface area contributed by atoms with E-state index in [-0.39, 0.29) is 17.6 Å². The van der Waals surface area contributed by atoms with Gasteiger partial charge in [-0.25, -0.2) is 4.79 Å². The van der Waals surface area contributed by atoms with Crippen molar-refractivity contribution in [2.24, 2.45) is 0 Å². The number of hydrogen-bond acceptors (Lipinski definition) is 10. The van der Waals surface area contributed by atoms with Crippen molar-refractivity contribution in [1.29, 1.82) is 0 Å². The van der Waals surface area contributed by atoms with Gasteiger partial charge in [-0.3, -0.25) is 14.2 Å². The Labute approximate surface area is 187 Å². The summed E-state index contributed by atoms with van der Waals surface area (Å²) in [6.07, 6.45) is 4.12. The number of fused-ring (bicyclic) bond motifs is 1. The van der Waals surface area contributed by atoms with Gasteiger partial charge in [0.15, 0.2) is 5.16 Å². The Morgan fingerprint density at radius 2 is 1.97 bits per heavy atom. The van der Waals surface area contributed by atoms with Crippen molar-refractivity contribution in [3.8, 4) is 0 Å². The van der Waals surface area contributed by atoms with E-state index in [1.54, 1.807) is 0 Å². The molecule has 2 heterocycles. The fourth-order valence-corrected chi connectivity index (χ4v) is 5.62. The van der Waals surface area contributed by atoms with Gasteiger partial charge in [-0.2, -0.15) is 0 Å². The van der Waals surface area contributed by atoms with Crippen molar-refractivity contribution in [2.45, 2.75) is 50.2 Å². The molecule has 0 saturated heterocycles. The van der Waals surface area contributed by atoms with Crippen LogP contribution < -0.4 is 11.1 Å². The average molecular weight is 468 g/mol. The minimum absolute atomic E-state index is 0.0107. The molecule has 0 spiro atoms. The van der Waals surface area contributed by atoms with Gasteiger partial charge in [-0.05, 0) is 37.7 Å². The molecule has 1 amide bonds. The Morgan fingerprint density at radius 3 is 2.65 bits per heavy atom. The Bertz CT molecular complexity index is 987. The molecule has 31 heavy (non-hydrogen) atoms. The first-order chi connectivity index (χ1) is 14.9. The topological polar surface area (TPSA) is 138 Å². The van der Waals surface area contributed by atoms with Crippen LogP contribution in [0.2, 0.25) is 0 Å². The number of aromatic nitrogens is 3. The van der Waals surface area contributed by atoms with Crippen molar-refractivity contribution in [3.63, 3.8) is 0 Å². The van der Waals surface area contributed by atoms with Crippen molar-refractivity contribution < 1.29 is 23.9 Å². The maximum Gasteiger partial charge on any atom is 0.341 e. The van der Waals surface area contributed by atoms with Crippen molar-refractivity contribution >= 4 is 51.9 Å². The van der Waals surface area contributed by atoms with Gasteiger partial charge in [0.1, 0.15) is 11.0 Å². The fourth-order valence-electron chi connectivity index (χ4n) is 3.51. The van der Waals surface area contributed by atoms with E-state index in [0.29, 0.717) is 22.1 Å². The lowest BCUT2D eigenvalue weighted by molar-refractivity contribution is -0.137. The number of nitrogen functional groups attached to an aromatic ring is 1. The van der Waals surface area contributed by atoms with Gasteiger partial charge >= 0.3 is 11.9 Å². The second kappa shape index (κ2) is 10.1. The molecule has 0 bridgehead atoms. The number of nitrogens with one attached hydrogen (secondary N) is 1. The predicted octanol–water partition coefficient (Wildman–Crippen LogP) is 2.44. The number of hydrogen-bond donors (Lipinski definition) is 2. The molecule has 1 aliphatic rings. The van der Waals surface area contributed by atoms with Gasteiger partial charge in [0.2, 0.25) is 11.9 Å². The SMILES string of the molecule is CCC(C(=O)Nc1sc2c(c1C(=O)OC)CCCC2)n1c(N)nnc1SCC(=O)OC. The minimum Gasteiger partial charge on any atom is -0.468 e. The first kappa shape index (κ1) is 23.1. The molecular weight excluding hydrogens is 442 g/mol. The highest BCUT2D eigenvalue weighted by Crippen LogP contribution is 2.39. The average Bonchev–Trinajstić information content (AvgIpc) is 3.32. The molecule has 0 fully saturated rings. The van der Waals surface area contributed by atoms with Gasteiger partial charge in [0, 0.05) is 4.88 Å². The highest BCUT2D eigenvalue weighted by atomic mass is 32.2. The molecule has 2 aromatic heterocycles. The summed E-state index contributed by atoms with van der Waals surface area (Å²) >= 11 is 2.50. The number of thiophene rings is 1. The minimum atomic E-state index is -0.722. The van der Waals surface area contributed by atoms with Crippen LogP contribution in [0.1, 0.15) is 53.0 Å². The molecule has 168 valence electrons. The molecule has 1 unspecified atom stereocenters. The van der Waals surface area contributed by atoms with Crippen LogP contribution in [0.4, 0.5) is 10.9 Å². The highest BCUT2D eigenvalue weighted by molar-refractivity contribution is 7.99. The van der Waals surface area contributed by atoms with E-state index in [1.807, 2.05) is 6.92 Å². The number of nitrogens with zero attached hydrogens (tertiary/aromatic N) is 3. The molecule has 0 saturated carbocycles. The predicted molar refractivity (Wildman–Crippen MR) is 117 cm³/mol. The van der Waals surface area contributed by atoms with E-state index in [2.05, 4.69) is 20.3 Å². The summed E-state index contributed by atoms with van der Waals surface area (Å²) in [5, 5.41) is 11.6. The van der Waals surface area contributed by atoms with E-state index in [9.17, 15) is 14.4 Å². The van der Waals surface area contributed by atoms with Crippen LogP contribution in [-0.2, 0) is 31.9 Å². The normalized spacial score (nSPS) is 13.9. The van der Waals surface area contributed by atoms with Gasteiger partial charge in [0.25, 0.3) is 0 Å². The van der Waals surface area contributed by atoms with Crippen molar-refractivity contribution in [2.75, 3.05) is 31.0 Å². The van der Waals surface area contributed by atoms with Crippen LogP contribution in [0.15, 0.2) is 5.16 Å². The zero-order chi connectivity index (χ0) is 22.5. The molecule has 10 nitrogen and oxygen atoms in total. The zero-order valence-corrected chi connectivity index (χ0v) is 19.2. The van der Waals surface area contributed by atoms with Crippen LogP contribution in [0.5, 0.6) is 0 Å². The number of methoxy groups -OCH3 is 2. The monoisotopic (exact) mass is 467 g/mol. The molecular formula is C19H25N5O5S2. The molecule has 0 radical (unpaired) electrons. The molecule has 1 aliphatic carbocycles. The summed E-state index contributed by atoms with van der Waals surface area (Å²) in [6, 6.07) is -0.722. The summed E-state index contributed by atoms with van der Waals surface area (Å²) in [4.78, 5) is 38.3. The Kier molecular flexibility index (Phi) is 7.55. The largest absolute Gasteiger partial charge is 0.468 e. The molecule has 0 aromatic carbocycles. The number of aryl methyl sites for hydroxylation is 1. The quantitative estimate of drug-likeness (QED) is 0.443. The lowest BCUT2D eigenvalue weighted by Crippen LogP contribution is -2.27. The maximum absolute atomic E-state index is 13.2. The molecule has 2 aromatic rings. The Balaban J connectivity index is 1.88. The van der Waals surface area contributed by atoms with Crippen molar-refractivity contribution in [3.05, 3.63) is 16.0 Å². The van der Waals surface area contributed by atoms with Crippen LogP contribution in [0, 0.1) is 0 Å². The summed E-state index contributed by atoms with van der Waals surface area (Å²) in [6.45, 7) is 1.83. The number of anilines is 2. The van der Waals surface area contributed by atoms with E-state index >= 15 is 0 Å². The van der Waals surface area contributed by atoms with Gasteiger partial charge < -0.3 is 20.5 Å². The second-order valence-corrected chi connectivity index (χ2v) is 8.94. The Morgan fingerprint density at radius 1 is 1.23 bits per heavy atom. The second-order valence-electron chi connectivity index (χ2n) is 6.90. The van der Waals surface area contributed by atoms with Gasteiger partial charge in [-0.1, -0.05) is 18.7 Å².